The fraction of sp³-hybridized carbons (Fsp3) is 0.667. The van der Waals surface area contributed by atoms with Crippen molar-refractivity contribution < 1.29 is 9.53 Å². The van der Waals surface area contributed by atoms with Crippen molar-refractivity contribution in [2.24, 2.45) is 5.41 Å². The molecule has 1 atom stereocenters. The summed E-state index contributed by atoms with van der Waals surface area (Å²) in [6.45, 7) is 7.62. The number of piperidine rings is 1. The second kappa shape index (κ2) is 6.60. The van der Waals surface area contributed by atoms with E-state index in [0.29, 0.717) is 24.0 Å². The van der Waals surface area contributed by atoms with E-state index in [1.807, 2.05) is 4.90 Å². The van der Waals surface area contributed by atoms with Gasteiger partial charge in [0, 0.05) is 13.0 Å². The number of likely N-dealkylation sites (tertiary alicyclic amines) is 1. The van der Waals surface area contributed by atoms with Gasteiger partial charge in [-0.2, -0.15) is 0 Å². The van der Waals surface area contributed by atoms with Gasteiger partial charge in [-0.3, -0.25) is 4.79 Å². The van der Waals surface area contributed by atoms with Gasteiger partial charge in [-0.25, -0.2) is 9.97 Å². The largest absolute Gasteiger partial charge is 0.458 e. The van der Waals surface area contributed by atoms with E-state index in [0.717, 1.165) is 19.4 Å². The molecule has 21 heavy (non-hydrogen) atoms. The van der Waals surface area contributed by atoms with Crippen molar-refractivity contribution in [2.45, 2.75) is 46.1 Å². The number of amides is 1. The van der Waals surface area contributed by atoms with E-state index < -0.39 is 0 Å². The highest BCUT2D eigenvalue weighted by Gasteiger charge is 2.27. The molecule has 0 spiro atoms. The van der Waals surface area contributed by atoms with E-state index in [9.17, 15) is 4.79 Å². The Morgan fingerprint density at radius 1 is 1.43 bits per heavy atom. The van der Waals surface area contributed by atoms with Crippen molar-refractivity contribution in [1.82, 2.24) is 14.9 Å². The quantitative estimate of drug-likeness (QED) is 0.861. The van der Waals surface area contributed by atoms with Crippen LogP contribution < -0.4 is 4.74 Å². The van der Waals surface area contributed by atoms with Gasteiger partial charge >= 0.3 is 6.01 Å². The summed E-state index contributed by atoms with van der Waals surface area (Å²) in [7, 11) is 0. The predicted molar refractivity (Wildman–Crippen MR) is 81.3 cm³/mol. The van der Waals surface area contributed by atoms with Gasteiger partial charge in [-0.15, -0.1) is 0 Å². The van der Waals surface area contributed by atoms with Crippen LogP contribution in [0.15, 0.2) is 12.4 Å². The predicted octanol–water partition coefficient (Wildman–Crippen LogP) is 2.94. The van der Waals surface area contributed by atoms with E-state index in [1.54, 1.807) is 0 Å². The van der Waals surface area contributed by atoms with Crippen LogP contribution in [0.3, 0.4) is 0 Å². The van der Waals surface area contributed by atoms with Gasteiger partial charge in [0.1, 0.15) is 6.10 Å². The standard InChI is InChI=1S/C15H22ClN3O2/c1-15(2,3)7-13(20)19-6-4-5-12(10-19)21-14-17-8-11(16)9-18-14/h8-9,12H,4-7,10H2,1-3H3. The molecule has 1 aliphatic rings. The molecular formula is C15H22ClN3O2. The molecule has 0 saturated carbocycles. The summed E-state index contributed by atoms with van der Waals surface area (Å²) < 4.78 is 5.75. The van der Waals surface area contributed by atoms with E-state index in [-0.39, 0.29) is 17.4 Å². The molecule has 1 aromatic rings. The smallest absolute Gasteiger partial charge is 0.316 e. The summed E-state index contributed by atoms with van der Waals surface area (Å²) in [6.07, 6.45) is 5.37. The highest BCUT2D eigenvalue weighted by molar-refractivity contribution is 6.30. The summed E-state index contributed by atoms with van der Waals surface area (Å²) in [5, 5.41) is 0.480. The summed E-state index contributed by atoms with van der Waals surface area (Å²) >= 11 is 5.75. The van der Waals surface area contributed by atoms with Crippen molar-refractivity contribution in [2.75, 3.05) is 13.1 Å². The first-order chi connectivity index (χ1) is 9.83. The first-order valence-corrected chi connectivity index (χ1v) is 7.63. The molecule has 0 bridgehead atoms. The molecule has 1 unspecified atom stereocenters. The van der Waals surface area contributed by atoms with E-state index >= 15 is 0 Å². The maximum Gasteiger partial charge on any atom is 0.316 e. The number of ether oxygens (including phenoxy) is 1. The number of carbonyl (C=O) groups excluding carboxylic acids is 1. The van der Waals surface area contributed by atoms with Gasteiger partial charge in [0.25, 0.3) is 0 Å². The molecule has 0 aliphatic carbocycles. The van der Waals surface area contributed by atoms with Crippen LogP contribution in [0.1, 0.15) is 40.0 Å². The Kier molecular flexibility index (Phi) is 5.04. The maximum absolute atomic E-state index is 12.3. The Morgan fingerprint density at radius 3 is 2.71 bits per heavy atom. The number of hydrogen-bond acceptors (Lipinski definition) is 4. The summed E-state index contributed by atoms with van der Waals surface area (Å²) in [4.78, 5) is 22.2. The van der Waals surface area contributed by atoms with E-state index in [1.165, 1.54) is 12.4 Å². The van der Waals surface area contributed by atoms with Crippen LogP contribution in [0.5, 0.6) is 6.01 Å². The minimum absolute atomic E-state index is 0.00414. The van der Waals surface area contributed by atoms with Crippen molar-refractivity contribution in [3.8, 4) is 6.01 Å². The number of carbonyl (C=O) groups is 1. The van der Waals surface area contributed by atoms with Gasteiger partial charge < -0.3 is 9.64 Å². The van der Waals surface area contributed by atoms with E-state index in [2.05, 4.69) is 30.7 Å². The van der Waals surface area contributed by atoms with Gasteiger partial charge in [0.2, 0.25) is 5.91 Å². The van der Waals surface area contributed by atoms with Crippen LogP contribution in [0.25, 0.3) is 0 Å². The number of halogens is 1. The fourth-order valence-electron chi connectivity index (χ4n) is 2.34. The minimum Gasteiger partial charge on any atom is -0.458 e. The van der Waals surface area contributed by atoms with Crippen LogP contribution in [-0.2, 0) is 4.79 Å². The zero-order chi connectivity index (χ0) is 15.5. The molecule has 1 aliphatic heterocycles. The molecule has 1 aromatic heterocycles. The molecule has 0 radical (unpaired) electrons. The summed E-state index contributed by atoms with van der Waals surface area (Å²) in [6, 6.07) is 0.314. The Hall–Kier alpha value is -1.36. The zero-order valence-electron chi connectivity index (χ0n) is 12.8. The average molecular weight is 312 g/mol. The first-order valence-electron chi connectivity index (χ1n) is 7.25. The highest BCUT2D eigenvalue weighted by atomic mass is 35.5. The zero-order valence-corrected chi connectivity index (χ0v) is 13.6. The SMILES string of the molecule is CC(C)(C)CC(=O)N1CCCC(Oc2ncc(Cl)cn2)C1. The molecular weight excluding hydrogens is 290 g/mol. The van der Waals surface area contributed by atoms with Crippen LogP contribution in [0.4, 0.5) is 0 Å². The molecule has 2 rings (SSSR count). The molecule has 5 nitrogen and oxygen atoms in total. The van der Waals surface area contributed by atoms with E-state index in [4.69, 9.17) is 16.3 Å². The monoisotopic (exact) mass is 311 g/mol. The number of rotatable bonds is 3. The third-order valence-electron chi connectivity index (χ3n) is 3.28. The Labute approximate surface area is 130 Å². The summed E-state index contributed by atoms with van der Waals surface area (Å²) in [5.74, 6) is 0.188. The van der Waals surface area contributed by atoms with Crippen molar-refractivity contribution >= 4 is 17.5 Å². The molecule has 1 fully saturated rings. The molecule has 1 amide bonds. The first kappa shape index (κ1) is 16.0. The highest BCUT2D eigenvalue weighted by Crippen LogP contribution is 2.22. The number of hydrogen-bond donors (Lipinski definition) is 0. The lowest BCUT2D eigenvalue weighted by Gasteiger charge is -2.34. The maximum atomic E-state index is 12.3. The summed E-state index contributed by atoms with van der Waals surface area (Å²) in [5.41, 5.74) is 0.00414. The van der Waals surface area contributed by atoms with Crippen molar-refractivity contribution in [1.29, 1.82) is 0 Å². The van der Waals surface area contributed by atoms with Gasteiger partial charge in [-0.1, -0.05) is 32.4 Å². The number of aromatic nitrogens is 2. The second-order valence-electron chi connectivity index (χ2n) is 6.64. The molecule has 2 heterocycles. The Bertz CT molecular complexity index is 485. The van der Waals surface area contributed by atoms with Crippen LogP contribution in [0.2, 0.25) is 5.02 Å². The lowest BCUT2D eigenvalue weighted by molar-refractivity contribution is -0.135. The van der Waals surface area contributed by atoms with Crippen LogP contribution >= 0.6 is 11.6 Å². The van der Waals surface area contributed by atoms with Gasteiger partial charge in [0.05, 0.1) is 24.0 Å². The molecule has 1 saturated heterocycles. The second-order valence-corrected chi connectivity index (χ2v) is 7.08. The molecule has 0 aromatic carbocycles. The minimum atomic E-state index is -0.0520. The third kappa shape index (κ3) is 5.16. The van der Waals surface area contributed by atoms with Crippen molar-refractivity contribution in [3.63, 3.8) is 0 Å². The van der Waals surface area contributed by atoms with Crippen molar-refractivity contribution in [3.05, 3.63) is 17.4 Å². The lowest BCUT2D eigenvalue weighted by Crippen LogP contribution is -2.45. The fourth-order valence-corrected chi connectivity index (χ4v) is 2.43. The topological polar surface area (TPSA) is 55.3 Å². The van der Waals surface area contributed by atoms with Gasteiger partial charge in [-0.05, 0) is 18.3 Å². The Balaban J connectivity index is 1.91. The lowest BCUT2D eigenvalue weighted by atomic mass is 9.91. The van der Waals surface area contributed by atoms with Crippen LogP contribution in [-0.4, -0.2) is 40.0 Å². The van der Waals surface area contributed by atoms with Crippen LogP contribution in [0, 0.1) is 5.41 Å². The Morgan fingerprint density at radius 2 is 2.10 bits per heavy atom. The molecule has 116 valence electrons. The average Bonchev–Trinajstić information content (AvgIpc) is 2.40. The normalized spacial score (nSPS) is 19.4. The molecule has 6 heteroatoms. The third-order valence-corrected chi connectivity index (χ3v) is 3.48. The van der Waals surface area contributed by atoms with Gasteiger partial charge in [0.15, 0.2) is 0 Å². The number of nitrogens with zero attached hydrogens (tertiary/aromatic N) is 3. The molecule has 0 N–H and O–H groups in total.